The summed E-state index contributed by atoms with van der Waals surface area (Å²) in [6.45, 7) is 0. The van der Waals surface area contributed by atoms with Crippen LogP contribution in [0.15, 0.2) is 68.2 Å². The third-order valence-electron chi connectivity index (χ3n) is 3.65. The number of furan rings is 1. The summed E-state index contributed by atoms with van der Waals surface area (Å²) in [5, 5.41) is 3.25. The van der Waals surface area contributed by atoms with Crippen molar-refractivity contribution < 1.29 is 13.6 Å². The summed E-state index contributed by atoms with van der Waals surface area (Å²) in [5.74, 6) is -0.307. The van der Waals surface area contributed by atoms with E-state index in [-0.39, 0.29) is 5.76 Å². The van der Waals surface area contributed by atoms with Gasteiger partial charge in [0, 0.05) is 11.3 Å². The van der Waals surface area contributed by atoms with E-state index in [1.165, 1.54) is 0 Å². The second-order valence-corrected chi connectivity index (χ2v) is 5.73. The van der Waals surface area contributed by atoms with Crippen molar-refractivity contribution in [3.8, 4) is 11.3 Å². The molecule has 0 spiro atoms. The Morgan fingerprint density at radius 3 is 2.72 bits per heavy atom. The largest absolute Gasteiger partial charge is 0.451 e. The number of aromatic amines is 1. The fourth-order valence-electron chi connectivity index (χ4n) is 2.49. The smallest absolute Gasteiger partial charge is 0.417 e. The van der Waals surface area contributed by atoms with Gasteiger partial charge in [0.05, 0.1) is 10.5 Å². The topological polar surface area (TPSA) is 88.2 Å². The van der Waals surface area contributed by atoms with Gasteiger partial charge in [0.1, 0.15) is 5.76 Å². The molecule has 0 aliphatic carbocycles. The van der Waals surface area contributed by atoms with Crippen LogP contribution in [0.1, 0.15) is 10.6 Å². The quantitative estimate of drug-likeness (QED) is 0.574. The van der Waals surface area contributed by atoms with Crippen molar-refractivity contribution in [3.05, 3.63) is 75.9 Å². The Hall–Kier alpha value is -3.25. The molecule has 2 aromatic carbocycles. The highest BCUT2D eigenvalue weighted by Crippen LogP contribution is 2.29. The molecule has 0 radical (unpaired) electrons. The molecule has 7 heteroatoms. The molecule has 2 heterocycles. The Kier molecular flexibility index (Phi) is 3.66. The number of carbonyl (C=O) groups excluding carboxylic acids is 1. The van der Waals surface area contributed by atoms with E-state index in [1.54, 1.807) is 36.4 Å². The molecule has 0 saturated carbocycles. The first-order chi connectivity index (χ1) is 12.1. The van der Waals surface area contributed by atoms with Crippen molar-refractivity contribution in [1.29, 1.82) is 0 Å². The SMILES string of the molecule is O=C(Nc1ccc2oc(=O)[nH]c2c1)c1ccc(-c2ccccc2Cl)o1. The summed E-state index contributed by atoms with van der Waals surface area (Å²) in [6.07, 6.45) is 0. The maximum atomic E-state index is 12.4. The Bertz CT molecular complexity index is 1140. The van der Waals surface area contributed by atoms with Crippen LogP contribution in [-0.2, 0) is 0 Å². The highest BCUT2D eigenvalue weighted by atomic mass is 35.5. The van der Waals surface area contributed by atoms with E-state index < -0.39 is 11.7 Å². The van der Waals surface area contributed by atoms with Crippen LogP contribution in [0.25, 0.3) is 22.4 Å². The second kappa shape index (κ2) is 5.99. The Morgan fingerprint density at radius 1 is 1.04 bits per heavy atom. The van der Waals surface area contributed by atoms with E-state index in [9.17, 15) is 9.59 Å². The van der Waals surface area contributed by atoms with Gasteiger partial charge >= 0.3 is 5.76 Å². The average molecular weight is 355 g/mol. The lowest BCUT2D eigenvalue weighted by Crippen LogP contribution is -2.10. The molecule has 0 saturated heterocycles. The van der Waals surface area contributed by atoms with Crippen LogP contribution in [0.5, 0.6) is 0 Å². The predicted molar refractivity (Wildman–Crippen MR) is 93.9 cm³/mol. The molecular formula is C18H11ClN2O4. The lowest BCUT2D eigenvalue weighted by atomic mass is 10.2. The van der Waals surface area contributed by atoms with Crippen LogP contribution >= 0.6 is 11.6 Å². The fourth-order valence-corrected chi connectivity index (χ4v) is 2.72. The number of H-pyrrole nitrogens is 1. The van der Waals surface area contributed by atoms with E-state index >= 15 is 0 Å². The number of amides is 1. The first kappa shape index (κ1) is 15.3. The number of oxazole rings is 1. The summed E-state index contributed by atoms with van der Waals surface area (Å²) in [6, 6.07) is 15.3. The minimum absolute atomic E-state index is 0.149. The van der Waals surface area contributed by atoms with E-state index in [0.717, 1.165) is 0 Å². The molecule has 0 unspecified atom stereocenters. The van der Waals surface area contributed by atoms with Crippen LogP contribution in [-0.4, -0.2) is 10.9 Å². The monoisotopic (exact) mass is 354 g/mol. The van der Waals surface area contributed by atoms with Crippen molar-refractivity contribution in [2.75, 3.05) is 5.32 Å². The molecule has 2 N–H and O–H groups in total. The second-order valence-electron chi connectivity index (χ2n) is 5.32. The van der Waals surface area contributed by atoms with Crippen LogP contribution in [0.2, 0.25) is 5.02 Å². The lowest BCUT2D eigenvalue weighted by Gasteiger charge is -2.03. The van der Waals surface area contributed by atoms with Gasteiger partial charge in [-0.15, -0.1) is 0 Å². The number of halogens is 1. The number of benzene rings is 2. The van der Waals surface area contributed by atoms with E-state index in [0.29, 0.717) is 33.1 Å². The van der Waals surface area contributed by atoms with E-state index in [1.807, 2.05) is 18.2 Å². The molecule has 2 aromatic heterocycles. The van der Waals surface area contributed by atoms with Crippen LogP contribution in [0.3, 0.4) is 0 Å². The van der Waals surface area contributed by atoms with Crippen molar-refractivity contribution in [2.24, 2.45) is 0 Å². The fraction of sp³-hybridized carbons (Fsp3) is 0. The third-order valence-corrected chi connectivity index (χ3v) is 3.98. The number of nitrogens with one attached hydrogen (secondary N) is 2. The van der Waals surface area contributed by atoms with Gasteiger partial charge in [-0.05, 0) is 42.5 Å². The summed E-state index contributed by atoms with van der Waals surface area (Å²) in [4.78, 5) is 26.1. The normalized spacial score (nSPS) is 10.9. The third kappa shape index (κ3) is 2.95. The first-order valence-electron chi connectivity index (χ1n) is 7.39. The van der Waals surface area contributed by atoms with Crippen LogP contribution < -0.4 is 11.1 Å². The summed E-state index contributed by atoms with van der Waals surface area (Å²) < 4.78 is 10.5. The molecule has 0 bridgehead atoms. The standard InChI is InChI=1S/C18H11ClN2O4/c19-12-4-2-1-3-11(12)14-7-8-16(24-14)17(22)20-10-5-6-15-13(9-10)21-18(23)25-15/h1-9H,(H,20,22)(H,21,23). The van der Waals surface area contributed by atoms with Crippen molar-refractivity contribution in [2.45, 2.75) is 0 Å². The first-order valence-corrected chi connectivity index (χ1v) is 7.77. The maximum absolute atomic E-state index is 12.4. The maximum Gasteiger partial charge on any atom is 0.417 e. The van der Waals surface area contributed by atoms with Crippen LogP contribution in [0, 0.1) is 0 Å². The van der Waals surface area contributed by atoms with E-state index in [2.05, 4.69) is 10.3 Å². The molecule has 25 heavy (non-hydrogen) atoms. The van der Waals surface area contributed by atoms with Gasteiger partial charge in [0.2, 0.25) is 0 Å². The molecule has 0 aliphatic heterocycles. The zero-order valence-corrected chi connectivity index (χ0v) is 13.5. The van der Waals surface area contributed by atoms with Gasteiger partial charge in [-0.1, -0.05) is 23.7 Å². The zero-order chi connectivity index (χ0) is 17.4. The highest BCUT2D eigenvalue weighted by Gasteiger charge is 2.14. The number of hydrogen-bond donors (Lipinski definition) is 2. The van der Waals surface area contributed by atoms with Gasteiger partial charge < -0.3 is 14.2 Å². The van der Waals surface area contributed by atoms with Crippen LogP contribution in [0.4, 0.5) is 5.69 Å². The number of anilines is 1. The molecule has 1 amide bonds. The Labute approximate surface area is 146 Å². The van der Waals surface area contributed by atoms with Crippen molar-refractivity contribution in [3.63, 3.8) is 0 Å². The zero-order valence-electron chi connectivity index (χ0n) is 12.7. The average Bonchev–Trinajstić information content (AvgIpc) is 3.20. The van der Waals surface area contributed by atoms with Crippen molar-refractivity contribution >= 4 is 34.3 Å². The molecule has 4 rings (SSSR count). The highest BCUT2D eigenvalue weighted by molar-refractivity contribution is 6.33. The summed E-state index contributed by atoms with van der Waals surface area (Å²) >= 11 is 6.14. The number of fused-ring (bicyclic) bond motifs is 1. The molecule has 0 atom stereocenters. The minimum atomic E-state index is -0.547. The lowest BCUT2D eigenvalue weighted by molar-refractivity contribution is 0.0997. The van der Waals surface area contributed by atoms with Gasteiger partial charge in [-0.25, -0.2) is 4.79 Å². The molecule has 0 aliphatic rings. The summed E-state index contributed by atoms with van der Waals surface area (Å²) in [7, 11) is 0. The molecule has 4 aromatic rings. The van der Waals surface area contributed by atoms with Crippen molar-refractivity contribution in [1.82, 2.24) is 4.98 Å². The van der Waals surface area contributed by atoms with Gasteiger partial charge in [0.15, 0.2) is 11.3 Å². The summed E-state index contributed by atoms with van der Waals surface area (Å²) in [5.41, 5.74) is 2.13. The molecule has 6 nitrogen and oxygen atoms in total. The minimum Gasteiger partial charge on any atom is -0.451 e. The van der Waals surface area contributed by atoms with E-state index in [4.69, 9.17) is 20.4 Å². The molecule has 124 valence electrons. The number of rotatable bonds is 3. The van der Waals surface area contributed by atoms with Gasteiger partial charge in [0.25, 0.3) is 5.91 Å². The number of hydrogen-bond acceptors (Lipinski definition) is 4. The van der Waals surface area contributed by atoms with Gasteiger partial charge in [-0.3, -0.25) is 9.78 Å². The molecule has 0 fully saturated rings. The van der Waals surface area contributed by atoms with Gasteiger partial charge in [-0.2, -0.15) is 0 Å². The number of aromatic nitrogens is 1. The number of carbonyl (C=O) groups is 1. The molecular weight excluding hydrogens is 344 g/mol. The Balaban J connectivity index is 1.58. The predicted octanol–water partition coefficient (Wildman–Crippen LogP) is 4.29. The Morgan fingerprint density at radius 2 is 1.88 bits per heavy atom.